The third-order valence-corrected chi connectivity index (χ3v) is 4.96. The minimum Gasteiger partial charge on any atom is -0.465 e. The number of rotatable bonds is 7. The summed E-state index contributed by atoms with van der Waals surface area (Å²) < 4.78 is 5.18. The Hall–Kier alpha value is -3.68. The fraction of sp³-hybridized carbons (Fsp3) is 0.273. The summed E-state index contributed by atoms with van der Waals surface area (Å²) in [5.41, 5.74) is 0.725. The molecule has 1 saturated heterocycles. The molecule has 156 valence electrons. The summed E-state index contributed by atoms with van der Waals surface area (Å²) in [7, 11) is 0. The molecular weight excluding hydrogens is 386 g/mol. The van der Waals surface area contributed by atoms with Gasteiger partial charge in [-0.25, -0.2) is 0 Å². The van der Waals surface area contributed by atoms with Gasteiger partial charge in [-0.1, -0.05) is 0 Å². The van der Waals surface area contributed by atoms with E-state index in [4.69, 9.17) is 4.42 Å². The number of furan rings is 1. The van der Waals surface area contributed by atoms with E-state index in [2.05, 4.69) is 5.32 Å². The van der Waals surface area contributed by atoms with Gasteiger partial charge >= 0.3 is 0 Å². The Kier molecular flexibility index (Phi) is 7.15. The van der Waals surface area contributed by atoms with Crippen molar-refractivity contribution in [2.75, 3.05) is 19.6 Å². The van der Waals surface area contributed by atoms with Crippen LogP contribution in [0.25, 0.3) is 12.2 Å². The summed E-state index contributed by atoms with van der Waals surface area (Å²) in [6, 6.07) is 9.54. The van der Waals surface area contributed by atoms with Crippen molar-refractivity contribution in [3.05, 3.63) is 76.3 Å². The smallest absolute Gasteiger partial charge is 0.269 e. The molecule has 2 heterocycles. The number of benzene rings is 1. The zero-order valence-corrected chi connectivity index (χ0v) is 16.4. The van der Waals surface area contributed by atoms with Gasteiger partial charge < -0.3 is 14.6 Å². The molecule has 8 heteroatoms. The van der Waals surface area contributed by atoms with Crippen LogP contribution in [0.5, 0.6) is 0 Å². The van der Waals surface area contributed by atoms with E-state index in [1.165, 1.54) is 24.3 Å². The van der Waals surface area contributed by atoms with Crippen LogP contribution in [0.15, 0.2) is 59.2 Å². The summed E-state index contributed by atoms with van der Waals surface area (Å²) in [4.78, 5) is 36.2. The Morgan fingerprint density at radius 2 is 1.87 bits per heavy atom. The molecule has 1 aliphatic heterocycles. The van der Waals surface area contributed by atoms with E-state index in [1.807, 2.05) is 0 Å². The molecule has 2 aromatic rings. The average molecular weight is 409 g/mol. The molecule has 8 nitrogen and oxygen atoms in total. The van der Waals surface area contributed by atoms with Gasteiger partial charge in [0.25, 0.3) is 5.69 Å². The second-order valence-electron chi connectivity index (χ2n) is 7.04. The van der Waals surface area contributed by atoms with E-state index in [1.54, 1.807) is 47.6 Å². The molecule has 0 atom stereocenters. The van der Waals surface area contributed by atoms with Crippen LogP contribution in [-0.4, -0.2) is 41.3 Å². The van der Waals surface area contributed by atoms with E-state index in [0.29, 0.717) is 36.9 Å². The number of likely N-dealkylation sites (tertiary alicyclic amines) is 1. The maximum absolute atomic E-state index is 12.2. The molecule has 1 aliphatic rings. The maximum Gasteiger partial charge on any atom is 0.269 e. The third kappa shape index (κ3) is 6.16. The van der Waals surface area contributed by atoms with Gasteiger partial charge in [0.05, 0.1) is 11.2 Å². The molecule has 0 bridgehead atoms. The first-order valence-electron chi connectivity index (χ1n) is 9.72. The summed E-state index contributed by atoms with van der Waals surface area (Å²) in [6.45, 7) is 1.86. The molecule has 1 aromatic carbocycles. The van der Waals surface area contributed by atoms with E-state index in [0.717, 1.165) is 12.8 Å². The SMILES string of the molecule is O=C(/C=C/c1ccc([N+](=O)[O-])cc1)NCC1CCN(C(=O)/C=C/c2ccco2)CC1. The van der Waals surface area contributed by atoms with Gasteiger partial charge in [0.1, 0.15) is 5.76 Å². The molecule has 0 radical (unpaired) electrons. The maximum atomic E-state index is 12.2. The highest BCUT2D eigenvalue weighted by molar-refractivity contribution is 5.92. The second-order valence-corrected chi connectivity index (χ2v) is 7.04. The highest BCUT2D eigenvalue weighted by Crippen LogP contribution is 2.17. The number of amides is 2. The molecule has 1 fully saturated rings. The predicted molar refractivity (Wildman–Crippen MR) is 112 cm³/mol. The lowest BCUT2D eigenvalue weighted by molar-refractivity contribution is -0.384. The zero-order chi connectivity index (χ0) is 21.3. The highest BCUT2D eigenvalue weighted by Gasteiger charge is 2.21. The van der Waals surface area contributed by atoms with Crippen LogP contribution in [0, 0.1) is 16.0 Å². The van der Waals surface area contributed by atoms with E-state index >= 15 is 0 Å². The van der Waals surface area contributed by atoms with Crippen LogP contribution in [0.1, 0.15) is 24.2 Å². The van der Waals surface area contributed by atoms with Gasteiger partial charge in [-0.05, 0) is 60.7 Å². The van der Waals surface area contributed by atoms with Gasteiger partial charge in [0.15, 0.2) is 0 Å². The molecule has 1 N–H and O–H groups in total. The van der Waals surface area contributed by atoms with Crippen LogP contribution in [-0.2, 0) is 9.59 Å². The lowest BCUT2D eigenvalue weighted by Crippen LogP contribution is -2.40. The first-order chi connectivity index (χ1) is 14.5. The minimum absolute atomic E-state index is 0.0119. The number of hydrogen-bond acceptors (Lipinski definition) is 5. The van der Waals surface area contributed by atoms with E-state index < -0.39 is 4.92 Å². The van der Waals surface area contributed by atoms with Crippen molar-refractivity contribution in [2.24, 2.45) is 5.92 Å². The van der Waals surface area contributed by atoms with Gasteiger partial charge in [-0.2, -0.15) is 0 Å². The number of nitro groups is 1. The van der Waals surface area contributed by atoms with Gasteiger partial charge in [0, 0.05) is 43.9 Å². The Labute approximate surface area is 174 Å². The van der Waals surface area contributed by atoms with Crippen molar-refractivity contribution in [2.45, 2.75) is 12.8 Å². The second kappa shape index (κ2) is 10.2. The number of nitrogens with one attached hydrogen (secondary N) is 1. The zero-order valence-electron chi connectivity index (χ0n) is 16.4. The number of carbonyl (C=O) groups is 2. The van der Waals surface area contributed by atoms with Gasteiger partial charge in [0.2, 0.25) is 11.8 Å². The monoisotopic (exact) mass is 409 g/mol. The number of non-ortho nitro benzene ring substituents is 1. The lowest BCUT2D eigenvalue weighted by Gasteiger charge is -2.31. The molecule has 0 saturated carbocycles. The van der Waals surface area contributed by atoms with Crippen molar-refractivity contribution < 1.29 is 18.9 Å². The van der Waals surface area contributed by atoms with Crippen molar-refractivity contribution >= 4 is 29.7 Å². The molecule has 3 rings (SSSR count). The molecule has 30 heavy (non-hydrogen) atoms. The molecule has 0 spiro atoms. The summed E-state index contributed by atoms with van der Waals surface area (Å²) in [5.74, 6) is 0.704. The molecular formula is C22H23N3O5. The number of piperidine rings is 1. The van der Waals surface area contributed by atoms with Crippen LogP contribution < -0.4 is 5.32 Å². The average Bonchev–Trinajstić information content (AvgIpc) is 3.29. The van der Waals surface area contributed by atoms with Crippen LogP contribution in [0.4, 0.5) is 5.69 Å². The quantitative estimate of drug-likeness (QED) is 0.429. The number of nitrogens with zero attached hydrogens (tertiary/aromatic N) is 2. The molecule has 2 amide bonds. The number of nitro benzene ring substituents is 1. The van der Waals surface area contributed by atoms with Crippen molar-refractivity contribution in [3.63, 3.8) is 0 Å². The van der Waals surface area contributed by atoms with Gasteiger partial charge in [-0.15, -0.1) is 0 Å². The number of carbonyl (C=O) groups excluding carboxylic acids is 2. The first kappa shape index (κ1) is 21.0. The topological polar surface area (TPSA) is 106 Å². The highest BCUT2D eigenvalue weighted by atomic mass is 16.6. The van der Waals surface area contributed by atoms with E-state index in [-0.39, 0.29) is 17.5 Å². The van der Waals surface area contributed by atoms with Crippen LogP contribution in [0.3, 0.4) is 0 Å². The fourth-order valence-corrected chi connectivity index (χ4v) is 3.19. The fourth-order valence-electron chi connectivity index (χ4n) is 3.19. The van der Waals surface area contributed by atoms with Gasteiger partial charge in [-0.3, -0.25) is 19.7 Å². The van der Waals surface area contributed by atoms with Crippen LogP contribution >= 0.6 is 0 Å². The normalized spacial score (nSPS) is 15.0. The van der Waals surface area contributed by atoms with Crippen molar-refractivity contribution in [1.82, 2.24) is 10.2 Å². The predicted octanol–water partition coefficient (Wildman–Crippen LogP) is 3.27. The molecule has 1 aromatic heterocycles. The summed E-state index contributed by atoms with van der Waals surface area (Å²) >= 11 is 0. The summed E-state index contributed by atoms with van der Waals surface area (Å²) in [6.07, 6.45) is 9.42. The lowest BCUT2D eigenvalue weighted by atomic mass is 9.96. The number of hydrogen-bond donors (Lipinski definition) is 1. The Morgan fingerprint density at radius 3 is 2.50 bits per heavy atom. The molecule has 0 unspecified atom stereocenters. The van der Waals surface area contributed by atoms with Crippen molar-refractivity contribution in [1.29, 1.82) is 0 Å². The van der Waals surface area contributed by atoms with Crippen molar-refractivity contribution in [3.8, 4) is 0 Å². The Balaban J connectivity index is 1.38. The third-order valence-electron chi connectivity index (χ3n) is 4.96. The minimum atomic E-state index is -0.464. The Morgan fingerprint density at radius 1 is 1.13 bits per heavy atom. The van der Waals surface area contributed by atoms with E-state index in [9.17, 15) is 19.7 Å². The molecule has 0 aliphatic carbocycles. The van der Waals surface area contributed by atoms with Crippen LogP contribution in [0.2, 0.25) is 0 Å². The summed E-state index contributed by atoms with van der Waals surface area (Å²) in [5, 5.41) is 13.5. The standard InChI is InChI=1S/C22H23N3O5/c26-21(9-5-17-3-6-19(7-4-17)25(28)29)23-16-18-11-13-24(14-12-18)22(27)10-8-20-2-1-15-30-20/h1-10,15,18H,11-14,16H2,(H,23,26)/b9-5+,10-8+. The first-order valence-corrected chi connectivity index (χ1v) is 9.72. The Bertz CT molecular complexity index is 924. The largest absolute Gasteiger partial charge is 0.465 e.